The summed E-state index contributed by atoms with van der Waals surface area (Å²) in [6.45, 7) is 4.53. The molecule has 0 spiro atoms. The first-order valence-electron chi connectivity index (χ1n) is 6.98. The third-order valence-electron chi connectivity index (χ3n) is 3.63. The fourth-order valence-corrected chi connectivity index (χ4v) is 5.44. The summed E-state index contributed by atoms with van der Waals surface area (Å²) in [5.41, 5.74) is 0.927. The lowest BCUT2D eigenvalue weighted by molar-refractivity contribution is -0.145. The molecule has 1 fully saturated rings. The molecule has 1 aromatic carbocycles. The van der Waals surface area contributed by atoms with Crippen LogP contribution >= 0.6 is 0 Å². The lowest BCUT2D eigenvalue weighted by Gasteiger charge is -2.22. The van der Waals surface area contributed by atoms with Gasteiger partial charge in [-0.05, 0) is 11.6 Å². The van der Waals surface area contributed by atoms with E-state index in [2.05, 4.69) is 13.1 Å². The Kier molecular flexibility index (Phi) is 4.67. The summed E-state index contributed by atoms with van der Waals surface area (Å²) in [4.78, 5) is 25.6. The van der Waals surface area contributed by atoms with Crippen LogP contribution in [0.3, 0.4) is 0 Å². The summed E-state index contributed by atoms with van der Waals surface area (Å²) in [6, 6.07) is 9.72. The molecule has 1 atom stereocenters. The third kappa shape index (κ3) is 3.84. The number of benzene rings is 1. The van der Waals surface area contributed by atoms with Gasteiger partial charge in [0.15, 0.2) is 0 Å². The van der Waals surface area contributed by atoms with Crippen molar-refractivity contribution >= 4 is 20.1 Å². The highest BCUT2D eigenvalue weighted by Crippen LogP contribution is 2.28. The van der Waals surface area contributed by atoms with Crippen molar-refractivity contribution in [2.24, 2.45) is 0 Å². The molecule has 1 amide bonds. The van der Waals surface area contributed by atoms with Crippen molar-refractivity contribution in [1.82, 2.24) is 4.90 Å². The monoisotopic (exact) mass is 307 g/mol. The van der Waals surface area contributed by atoms with Crippen molar-refractivity contribution in [3.63, 3.8) is 0 Å². The predicted molar refractivity (Wildman–Crippen MR) is 81.4 cm³/mol. The summed E-state index contributed by atoms with van der Waals surface area (Å²) in [5.74, 6) is -0.357. The van der Waals surface area contributed by atoms with E-state index in [0.29, 0.717) is 6.17 Å². The zero-order valence-electron chi connectivity index (χ0n) is 12.7. The quantitative estimate of drug-likeness (QED) is 0.636. The Balaban J connectivity index is 2.01. The number of ether oxygens (including phenoxy) is 2. The molecule has 0 N–H and O–H groups in total. The van der Waals surface area contributed by atoms with Gasteiger partial charge in [-0.1, -0.05) is 43.4 Å². The normalized spacial score (nSPS) is 20.1. The number of hydrogen-bond donors (Lipinski definition) is 0. The average molecular weight is 307 g/mol. The molecular weight excluding hydrogens is 286 g/mol. The van der Waals surface area contributed by atoms with Crippen LogP contribution in [0.1, 0.15) is 5.56 Å². The van der Waals surface area contributed by atoms with Gasteiger partial charge < -0.3 is 9.47 Å². The Morgan fingerprint density at radius 1 is 1.29 bits per heavy atom. The highest BCUT2D eigenvalue weighted by atomic mass is 28.3. The van der Waals surface area contributed by atoms with E-state index in [1.165, 1.54) is 12.0 Å². The number of methoxy groups -OCH3 is 1. The second kappa shape index (κ2) is 6.30. The summed E-state index contributed by atoms with van der Waals surface area (Å²) < 4.78 is 10.1. The SMILES string of the molecule is COC(=O)C1C[Si](C)(C)CN1C(=O)OCc1ccccc1. The van der Waals surface area contributed by atoms with Gasteiger partial charge in [0, 0.05) is 6.17 Å². The van der Waals surface area contributed by atoms with Gasteiger partial charge in [-0.2, -0.15) is 0 Å². The minimum Gasteiger partial charge on any atom is -0.467 e. The zero-order valence-corrected chi connectivity index (χ0v) is 13.7. The van der Waals surface area contributed by atoms with Gasteiger partial charge in [-0.25, -0.2) is 9.59 Å². The highest BCUT2D eigenvalue weighted by Gasteiger charge is 2.46. The van der Waals surface area contributed by atoms with E-state index in [0.717, 1.165) is 11.6 Å². The minimum atomic E-state index is -1.59. The Labute approximate surface area is 125 Å². The maximum absolute atomic E-state index is 12.3. The maximum Gasteiger partial charge on any atom is 0.410 e. The van der Waals surface area contributed by atoms with Crippen LogP contribution in [-0.4, -0.2) is 44.4 Å². The van der Waals surface area contributed by atoms with Gasteiger partial charge >= 0.3 is 12.1 Å². The Morgan fingerprint density at radius 3 is 2.57 bits per heavy atom. The molecule has 0 aromatic heterocycles. The van der Waals surface area contributed by atoms with Crippen LogP contribution in [0.2, 0.25) is 19.1 Å². The molecule has 1 aromatic rings. The summed E-state index contributed by atoms with van der Waals surface area (Å²) >= 11 is 0. The molecular formula is C15H21NO4Si. The van der Waals surface area contributed by atoms with Crippen molar-refractivity contribution in [2.75, 3.05) is 13.3 Å². The van der Waals surface area contributed by atoms with E-state index in [1.54, 1.807) is 0 Å². The lowest BCUT2D eigenvalue weighted by atomic mass is 10.2. The average Bonchev–Trinajstić information content (AvgIpc) is 2.81. The largest absolute Gasteiger partial charge is 0.467 e. The molecule has 1 unspecified atom stereocenters. The number of hydrogen-bond acceptors (Lipinski definition) is 4. The second-order valence-corrected chi connectivity index (χ2v) is 11.1. The molecule has 1 aliphatic rings. The van der Waals surface area contributed by atoms with Gasteiger partial charge in [0.25, 0.3) is 0 Å². The minimum absolute atomic E-state index is 0.214. The Bertz CT molecular complexity index is 518. The predicted octanol–water partition coefficient (Wildman–Crippen LogP) is 2.43. The first kappa shape index (κ1) is 15.6. The van der Waals surface area contributed by atoms with Crippen LogP contribution in [0.15, 0.2) is 30.3 Å². The fourth-order valence-electron chi connectivity index (χ4n) is 2.61. The maximum atomic E-state index is 12.3. The summed E-state index contributed by atoms with van der Waals surface area (Å²) in [7, 11) is -0.242. The first-order valence-corrected chi connectivity index (χ1v) is 10.4. The summed E-state index contributed by atoms with van der Waals surface area (Å²) in [5, 5.41) is 0. The van der Waals surface area contributed by atoms with Gasteiger partial charge in [0.05, 0.1) is 15.2 Å². The number of carbonyl (C=O) groups excluding carboxylic acids is 2. The number of carbonyl (C=O) groups is 2. The smallest absolute Gasteiger partial charge is 0.410 e. The highest BCUT2D eigenvalue weighted by molar-refractivity contribution is 6.78. The molecule has 0 radical (unpaired) electrons. The molecule has 1 aliphatic heterocycles. The van der Waals surface area contributed by atoms with Gasteiger partial charge in [-0.15, -0.1) is 0 Å². The van der Waals surface area contributed by atoms with Crippen LogP contribution in [-0.2, 0) is 20.9 Å². The second-order valence-electron chi connectivity index (χ2n) is 6.08. The van der Waals surface area contributed by atoms with E-state index < -0.39 is 20.2 Å². The molecule has 6 heteroatoms. The van der Waals surface area contributed by atoms with Crippen molar-refractivity contribution in [3.8, 4) is 0 Å². The van der Waals surface area contributed by atoms with Gasteiger partial charge in [0.1, 0.15) is 12.6 Å². The van der Waals surface area contributed by atoms with Crippen LogP contribution in [0, 0.1) is 0 Å². The zero-order chi connectivity index (χ0) is 15.5. The molecule has 5 nitrogen and oxygen atoms in total. The molecule has 0 saturated carbocycles. The van der Waals surface area contributed by atoms with Crippen LogP contribution in [0.5, 0.6) is 0 Å². The third-order valence-corrected chi connectivity index (χ3v) is 6.32. The van der Waals surface area contributed by atoms with E-state index in [9.17, 15) is 9.59 Å². The number of esters is 1. The van der Waals surface area contributed by atoms with Crippen molar-refractivity contribution < 1.29 is 19.1 Å². The Morgan fingerprint density at radius 2 is 1.95 bits per heavy atom. The molecule has 0 bridgehead atoms. The summed E-state index contributed by atoms with van der Waals surface area (Å²) in [6.07, 6.45) is 0.188. The standard InChI is InChI=1S/C15H21NO4Si/c1-19-14(17)13-10-21(2,3)11-16(13)15(18)20-9-12-7-5-4-6-8-12/h4-8,13H,9-11H2,1-3H3. The molecule has 1 saturated heterocycles. The van der Waals surface area contributed by atoms with E-state index in [-0.39, 0.29) is 12.6 Å². The van der Waals surface area contributed by atoms with Gasteiger partial charge in [0.2, 0.25) is 0 Å². The van der Waals surface area contributed by atoms with Crippen molar-refractivity contribution in [3.05, 3.63) is 35.9 Å². The molecule has 0 aliphatic carbocycles. The van der Waals surface area contributed by atoms with Crippen molar-refractivity contribution in [2.45, 2.75) is 31.8 Å². The fraction of sp³-hybridized carbons (Fsp3) is 0.467. The van der Waals surface area contributed by atoms with Crippen LogP contribution < -0.4 is 0 Å². The van der Waals surface area contributed by atoms with Crippen molar-refractivity contribution in [1.29, 1.82) is 0 Å². The first-order chi connectivity index (χ1) is 9.93. The molecule has 1 heterocycles. The van der Waals surface area contributed by atoms with E-state index >= 15 is 0 Å². The van der Waals surface area contributed by atoms with E-state index in [1.807, 2.05) is 30.3 Å². The number of nitrogens with zero attached hydrogens (tertiary/aromatic N) is 1. The molecule has 114 valence electrons. The molecule has 2 rings (SSSR count). The Hall–Kier alpha value is -1.82. The van der Waals surface area contributed by atoms with Crippen LogP contribution in [0.4, 0.5) is 4.79 Å². The van der Waals surface area contributed by atoms with Gasteiger partial charge in [-0.3, -0.25) is 4.90 Å². The molecule has 21 heavy (non-hydrogen) atoms. The lowest BCUT2D eigenvalue weighted by Crippen LogP contribution is -2.42. The van der Waals surface area contributed by atoms with E-state index in [4.69, 9.17) is 9.47 Å². The topological polar surface area (TPSA) is 55.8 Å². The number of amides is 1. The van der Waals surface area contributed by atoms with Crippen LogP contribution in [0.25, 0.3) is 0 Å². The number of rotatable bonds is 3.